The molecule has 0 spiro atoms. The largest absolute Gasteiger partial charge is 0.479 e. The summed E-state index contributed by atoms with van der Waals surface area (Å²) >= 11 is 0. The zero-order chi connectivity index (χ0) is 22.8. The van der Waals surface area contributed by atoms with Crippen molar-refractivity contribution in [2.75, 3.05) is 13.2 Å². The van der Waals surface area contributed by atoms with Gasteiger partial charge in [-0.05, 0) is 36.5 Å². The molecule has 0 aromatic heterocycles. The van der Waals surface area contributed by atoms with Gasteiger partial charge in [0.15, 0.2) is 14.2 Å². The standard InChI is InChI=1S/C26H37NO3Si/c1-21-27-26(19-29-21,20-30-31(5,6)24(2,3)4)17-16-25(18-28)14-12-23(13-15-25)22-10-8-7-9-11-22/h7-15,18,23H,16-17,19-20H2,1-6H3. The van der Waals surface area contributed by atoms with E-state index in [0.29, 0.717) is 25.5 Å². The molecule has 0 fully saturated rings. The number of hydrogen-bond donors (Lipinski definition) is 0. The molecule has 0 amide bonds. The number of aldehydes is 1. The van der Waals surface area contributed by atoms with Crippen LogP contribution in [0, 0.1) is 5.41 Å². The number of carbonyl (C=O) groups excluding carboxylic acids is 1. The van der Waals surface area contributed by atoms with E-state index in [4.69, 9.17) is 14.2 Å². The SMILES string of the molecule is CC1=NC(CCC2(C=O)C=CC(c3ccccc3)C=C2)(CO[Si](C)(C)C(C)(C)C)CO1. The van der Waals surface area contributed by atoms with Crippen LogP contribution in [0.4, 0.5) is 0 Å². The van der Waals surface area contributed by atoms with Crippen LogP contribution < -0.4 is 0 Å². The molecule has 1 atom stereocenters. The lowest BCUT2D eigenvalue weighted by molar-refractivity contribution is -0.112. The summed E-state index contributed by atoms with van der Waals surface area (Å²) in [6.45, 7) is 14.2. The van der Waals surface area contributed by atoms with Crippen LogP contribution in [0.5, 0.6) is 0 Å². The molecule has 0 saturated carbocycles. The van der Waals surface area contributed by atoms with E-state index >= 15 is 0 Å². The second-order valence-corrected chi connectivity index (χ2v) is 15.4. The highest BCUT2D eigenvalue weighted by atomic mass is 28.4. The highest BCUT2D eigenvalue weighted by Crippen LogP contribution is 2.40. The summed E-state index contributed by atoms with van der Waals surface area (Å²) < 4.78 is 12.3. The van der Waals surface area contributed by atoms with Crippen molar-refractivity contribution in [3.8, 4) is 0 Å². The maximum atomic E-state index is 12.2. The fourth-order valence-electron chi connectivity index (χ4n) is 3.78. The van der Waals surface area contributed by atoms with Crippen molar-refractivity contribution in [3.63, 3.8) is 0 Å². The topological polar surface area (TPSA) is 47.9 Å². The number of aliphatic imine (C=N–C) groups is 1. The zero-order valence-corrected chi connectivity index (χ0v) is 20.9. The molecule has 5 heteroatoms. The molecule has 0 N–H and O–H groups in total. The summed E-state index contributed by atoms with van der Waals surface area (Å²) in [5, 5.41) is 0.137. The number of rotatable bonds is 8. The third-order valence-corrected chi connectivity index (χ3v) is 11.6. The van der Waals surface area contributed by atoms with Gasteiger partial charge in [0.2, 0.25) is 0 Å². The molecule has 1 aromatic rings. The maximum absolute atomic E-state index is 12.2. The predicted molar refractivity (Wildman–Crippen MR) is 130 cm³/mol. The maximum Gasteiger partial charge on any atom is 0.192 e. The molecule has 0 radical (unpaired) electrons. The van der Waals surface area contributed by atoms with Crippen LogP contribution in [0.2, 0.25) is 18.1 Å². The Morgan fingerprint density at radius 2 is 1.81 bits per heavy atom. The minimum atomic E-state index is -1.91. The van der Waals surface area contributed by atoms with Gasteiger partial charge in [-0.1, -0.05) is 75.4 Å². The minimum absolute atomic E-state index is 0.137. The van der Waals surface area contributed by atoms with Crippen LogP contribution in [0.15, 0.2) is 59.6 Å². The number of allylic oxidation sites excluding steroid dienone is 4. The molecular weight excluding hydrogens is 402 g/mol. The Kier molecular flexibility index (Phi) is 6.77. The number of ether oxygens (including phenoxy) is 1. The minimum Gasteiger partial charge on any atom is -0.479 e. The second-order valence-electron chi connectivity index (χ2n) is 10.6. The van der Waals surface area contributed by atoms with E-state index in [9.17, 15) is 4.79 Å². The molecule has 3 rings (SSSR count). The molecule has 4 nitrogen and oxygen atoms in total. The monoisotopic (exact) mass is 439 g/mol. The molecular formula is C26H37NO3Si. The summed E-state index contributed by atoms with van der Waals surface area (Å²) in [6, 6.07) is 10.4. The summed E-state index contributed by atoms with van der Waals surface area (Å²) in [7, 11) is -1.91. The second kappa shape index (κ2) is 8.87. The molecule has 31 heavy (non-hydrogen) atoms. The fraction of sp³-hybridized carbons (Fsp3) is 0.538. The van der Waals surface area contributed by atoms with E-state index < -0.39 is 19.3 Å². The highest BCUT2D eigenvalue weighted by molar-refractivity contribution is 6.74. The van der Waals surface area contributed by atoms with Crippen molar-refractivity contribution in [2.45, 2.75) is 70.1 Å². The summed E-state index contributed by atoms with van der Waals surface area (Å²) in [5.41, 5.74) is 0.215. The fourth-order valence-corrected chi connectivity index (χ4v) is 4.84. The lowest BCUT2D eigenvalue weighted by atomic mass is 9.75. The van der Waals surface area contributed by atoms with E-state index in [-0.39, 0.29) is 11.0 Å². The number of nitrogens with zero attached hydrogens (tertiary/aromatic N) is 1. The van der Waals surface area contributed by atoms with Gasteiger partial charge in [0, 0.05) is 12.8 Å². The Hall–Kier alpha value is -1.98. The van der Waals surface area contributed by atoms with E-state index in [0.717, 1.165) is 12.7 Å². The van der Waals surface area contributed by atoms with Gasteiger partial charge in [0.25, 0.3) is 0 Å². The van der Waals surface area contributed by atoms with Gasteiger partial charge < -0.3 is 14.0 Å². The van der Waals surface area contributed by atoms with Crippen molar-refractivity contribution in [1.82, 2.24) is 0 Å². The molecule has 168 valence electrons. The first-order chi connectivity index (χ1) is 14.5. The van der Waals surface area contributed by atoms with E-state index in [1.54, 1.807) is 0 Å². The number of carbonyl (C=O) groups is 1. The lowest BCUT2D eigenvalue weighted by Gasteiger charge is -2.39. The molecule has 1 aliphatic heterocycles. The number of hydrogen-bond acceptors (Lipinski definition) is 4. The van der Waals surface area contributed by atoms with E-state index in [1.807, 2.05) is 25.1 Å². The normalized spacial score (nSPS) is 28.3. The molecule has 1 heterocycles. The van der Waals surface area contributed by atoms with Crippen LogP contribution in [0.3, 0.4) is 0 Å². The molecule has 1 unspecified atom stereocenters. The van der Waals surface area contributed by atoms with Crippen LogP contribution in [-0.2, 0) is 14.0 Å². The first kappa shape index (κ1) is 23.7. The van der Waals surface area contributed by atoms with E-state index in [1.165, 1.54) is 5.56 Å². The zero-order valence-electron chi connectivity index (χ0n) is 19.9. The van der Waals surface area contributed by atoms with E-state index in [2.05, 4.69) is 70.3 Å². The Bertz CT molecular complexity index is 852. The van der Waals surface area contributed by atoms with Crippen LogP contribution in [-0.4, -0.2) is 39.3 Å². The van der Waals surface area contributed by atoms with Gasteiger partial charge in [-0.3, -0.25) is 0 Å². The Labute approximate surface area is 188 Å². The van der Waals surface area contributed by atoms with Crippen molar-refractivity contribution in [3.05, 3.63) is 60.2 Å². The van der Waals surface area contributed by atoms with Gasteiger partial charge in [-0.2, -0.15) is 0 Å². The average molecular weight is 440 g/mol. The highest BCUT2D eigenvalue weighted by Gasteiger charge is 2.43. The van der Waals surface area contributed by atoms with Crippen molar-refractivity contribution >= 4 is 20.5 Å². The third-order valence-electron chi connectivity index (χ3n) is 7.11. The molecule has 1 aromatic carbocycles. The lowest BCUT2D eigenvalue weighted by Crippen LogP contribution is -2.46. The van der Waals surface area contributed by atoms with Gasteiger partial charge >= 0.3 is 0 Å². The van der Waals surface area contributed by atoms with Crippen LogP contribution >= 0.6 is 0 Å². The van der Waals surface area contributed by atoms with Crippen molar-refractivity contribution < 1.29 is 14.0 Å². The van der Waals surface area contributed by atoms with Crippen molar-refractivity contribution in [1.29, 1.82) is 0 Å². The van der Waals surface area contributed by atoms with Crippen LogP contribution in [0.1, 0.15) is 52.0 Å². The Morgan fingerprint density at radius 3 is 2.32 bits per heavy atom. The average Bonchev–Trinajstić information content (AvgIpc) is 3.12. The predicted octanol–water partition coefficient (Wildman–Crippen LogP) is 6.07. The summed E-state index contributed by atoms with van der Waals surface area (Å²) in [6.07, 6.45) is 10.9. The van der Waals surface area contributed by atoms with Crippen molar-refractivity contribution in [2.24, 2.45) is 10.4 Å². The molecule has 0 bridgehead atoms. The Balaban J connectivity index is 1.71. The van der Waals surface area contributed by atoms with Gasteiger partial charge in [-0.25, -0.2) is 4.99 Å². The first-order valence-electron chi connectivity index (χ1n) is 11.2. The molecule has 0 saturated heterocycles. The first-order valence-corrected chi connectivity index (χ1v) is 14.1. The Morgan fingerprint density at radius 1 is 1.16 bits per heavy atom. The number of benzene rings is 1. The molecule has 2 aliphatic rings. The third kappa shape index (κ3) is 5.44. The van der Waals surface area contributed by atoms with Gasteiger partial charge in [-0.15, -0.1) is 0 Å². The quantitative estimate of drug-likeness (QED) is 0.280. The summed E-state index contributed by atoms with van der Waals surface area (Å²) in [5.74, 6) is 0.915. The van der Waals surface area contributed by atoms with Gasteiger partial charge in [0.05, 0.1) is 12.0 Å². The summed E-state index contributed by atoms with van der Waals surface area (Å²) in [4.78, 5) is 17.0. The smallest absolute Gasteiger partial charge is 0.192 e. The van der Waals surface area contributed by atoms with Gasteiger partial charge in [0.1, 0.15) is 18.4 Å². The molecule has 1 aliphatic carbocycles. The van der Waals surface area contributed by atoms with Crippen LogP contribution in [0.25, 0.3) is 0 Å².